The minimum absolute atomic E-state index is 0.0860. The number of nitrogens with zero attached hydrogens (tertiary/aromatic N) is 3. The number of carboxylic acids is 1. The molecule has 6 heteroatoms. The zero-order valence-electron chi connectivity index (χ0n) is 7.01. The maximum absolute atomic E-state index is 10.6. The van der Waals surface area contributed by atoms with Gasteiger partial charge in [0.15, 0.2) is 5.69 Å². The molecule has 2 aromatic heterocycles. The van der Waals surface area contributed by atoms with Crippen LogP contribution in [0.25, 0.3) is 11.4 Å². The third kappa shape index (κ3) is 1.45. The molecule has 0 bridgehead atoms. The Hall–Kier alpha value is -2.24. The fourth-order valence-electron chi connectivity index (χ4n) is 0.997. The fraction of sp³-hybridized carbons (Fsp3) is 0. The summed E-state index contributed by atoms with van der Waals surface area (Å²) in [4.78, 5) is 18.2. The van der Waals surface area contributed by atoms with Gasteiger partial charge in [0, 0.05) is 6.20 Å². The summed E-state index contributed by atoms with van der Waals surface area (Å²) in [7, 11) is 0. The minimum Gasteiger partial charge on any atom is -0.476 e. The molecule has 0 aromatic carbocycles. The van der Waals surface area contributed by atoms with Gasteiger partial charge in [-0.25, -0.2) is 9.78 Å². The molecule has 0 aliphatic rings. The molecule has 0 aliphatic heterocycles. The number of aromatic carboxylic acids is 1. The fourth-order valence-corrected chi connectivity index (χ4v) is 0.997. The highest BCUT2D eigenvalue weighted by molar-refractivity contribution is 5.85. The molecule has 2 N–H and O–H groups in total. The lowest BCUT2D eigenvalue weighted by atomic mass is 10.3. The van der Waals surface area contributed by atoms with Crippen molar-refractivity contribution >= 4 is 5.97 Å². The van der Waals surface area contributed by atoms with Crippen LogP contribution in [0.5, 0.6) is 0 Å². The van der Waals surface area contributed by atoms with Gasteiger partial charge in [-0.2, -0.15) is 5.10 Å². The molecule has 0 saturated heterocycles. The summed E-state index contributed by atoms with van der Waals surface area (Å²) in [6.07, 6.45) is 4.23. The van der Waals surface area contributed by atoms with Gasteiger partial charge in [-0.15, -0.1) is 0 Å². The summed E-state index contributed by atoms with van der Waals surface area (Å²) >= 11 is 0. The van der Waals surface area contributed by atoms with E-state index in [1.807, 2.05) is 0 Å². The van der Waals surface area contributed by atoms with Gasteiger partial charge in [0.05, 0.1) is 18.1 Å². The van der Waals surface area contributed by atoms with E-state index in [0.717, 1.165) is 0 Å². The molecule has 0 amide bonds. The highest BCUT2D eigenvalue weighted by Gasteiger charge is 2.07. The second kappa shape index (κ2) is 3.25. The molecule has 2 heterocycles. The van der Waals surface area contributed by atoms with Crippen molar-refractivity contribution < 1.29 is 9.90 Å². The van der Waals surface area contributed by atoms with Crippen molar-refractivity contribution in [3.05, 3.63) is 30.4 Å². The van der Waals surface area contributed by atoms with Gasteiger partial charge in [-0.3, -0.25) is 10.1 Å². The van der Waals surface area contributed by atoms with Crippen LogP contribution in [0.1, 0.15) is 10.5 Å². The van der Waals surface area contributed by atoms with Crippen molar-refractivity contribution in [1.29, 1.82) is 0 Å². The molecule has 0 spiro atoms. The molecule has 0 fully saturated rings. The maximum Gasteiger partial charge on any atom is 0.356 e. The van der Waals surface area contributed by atoms with Gasteiger partial charge < -0.3 is 5.11 Å². The Morgan fingerprint density at radius 1 is 1.43 bits per heavy atom. The van der Waals surface area contributed by atoms with Crippen molar-refractivity contribution in [2.75, 3.05) is 0 Å². The number of nitrogens with one attached hydrogen (secondary N) is 1. The molecular weight excluding hydrogens is 184 g/mol. The van der Waals surface area contributed by atoms with E-state index in [4.69, 9.17) is 5.11 Å². The molecule has 0 atom stereocenters. The van der Waals surface area contributed by atoms with Crippen LogP contribution in [-0.4, -0.2) is 31.2 Å². The Bertz CT molecular complexity index is 452. The van der Waals surface area contributed by atoms with E-state index in [2.05, 4.69) is 20.2 Å². The third-order valence-corrected chi connectivity index (χ3v) is 1.63. The van der Waals surface area contributed by atoms with Crippen LogP contribution < -0.4 is 0 Å². The topological polar surface area (TPSA) is 91.8 Å². The average Bonchev–Trinajstić information content (AvgIpc) is 2.71. The number of hydrogen-bond donors (Lipinski definition) is 2. The lowest BCUT2D eigenvalue weighted by Crippen LogP contribution is -2.02. The predicted molar refractivity (Wildman–Crippen MR) is 46.6 cm³/mol. The van der Waals surface area contributed by atoms with Crippen molar-refractivity contribution in [3.8, 4) is 11.4 Å². The third-order valence-electron chi connectivity index (χ3n) is 1.63. The van der Waals surface area contributed by atoms with E-state index in [1.54, 1.807) is 12.3 Å². The lowest BCUT2D eigenvalue weighted by molar-refractivity contribution is 0.0690. The van der Waals surface area contributed by atoms with Gasteiger partial charge in [-0.1, -0.05) is 0 Å². The Kier molecular flexibility index (Phi) is 1.94. The molecule has 0 radical (unpaired) electrons. The zero-order valence-corrected chi connectivity index (χ0v) is 7.01. The summed E-state index contributed by atoms with van der Waals surface area (Å²) in [5.74, 6) is -1.10. The minimum atomic E-state index is -1.10. The molecule has 0 saturated carbocycles. The van der Waals surface area contributed by atoms with Gasteiger partial charge >= 0.3 is 5.97 Å². The second-order valence-electron chi connectivity index (χ2n) is 2.57. The molecule has 14 heavy (non-hydrogen) atoms. The summed E-state index contributed by atoms with van der Waals surface area (Å²) < 4.78 is 0. The maximum atomic E-state index is 10.6. The van der Waals surface area contributed by atoms with Crippen molar-refractivity contribution in [1.82, 2.24) is 20.2 Å². The van der Waals surface area contributed by atoms with Crippen LogP contribution in [0.3, 0.4) is 0 Å². The molecule has 2 aromatic rings. The Morgan fingerprint density at radius 3 is 2.93 bits per heavy atom. The van der Waals surface area contributed by atoms with Crippen LogP contribution in [0.4, 0.5) is 0 Å². The number of hydrogen-bond acceptors (Lipinski definition) is 4. The van der Waals surface area contributed by atoms with E-state index < -0.39 is 5.97 Å². The first-order valence-corrected chi connectivity index (χ1v) is 3.82. The summed E-state index contributed by atoms with van der Waals surface area (Å²) in [5, 5.41) is 15.1. The van der Waals surface area contributed by atoms with E-state index in [-0.39, 0.29) is 5.69 Å². The number of H-pyrrole nitrogens is 1. The standard InChI is InChI=1S/C8H6N4O2/c13-8(14)7-4-9-3-6(11-7)5-1-2-10-12-5/h1-4H,(H,10,12)(H,13,14). The van der Waals surface area contributed by atoms with Crippen LogP contribution in [0.2, 0.25) is 0 Å². The quantitative estimate of drug-likeness (QED) is 0.722. The van der Waals surface area contributed by atoms with Crippen molar-refractivity contribution in [2.45, 2.75) is 0 Å². The van der Waals surface area contributed by atoms with Crippen LogP contribution >= 0.6 is 0 Å². The van der Waals surface area contributed by atoms with Crippen molar-refractivity contribution in [2.24, 2.45) is 0 Å². The second-order valence-corrected chi connectivity index (χ2v) is 2.57. The highest BCUT2D eigenvalue weighted by Crippen LogP contribution is 2.11. The monoisotopic (exact) mass is 190 g/mol. The Balaban J connectivity index is 2.46. The SMILES string of the molecule is O=C(O)c1cncc(-c2ccn[nH]2)n1. The number of carboxylic acid groups (broad SMARTS) is 1. The van der Waals surface area contributed by atoms with Crippen LogP contribution in [0.15, 0.2) is 24.7 Å². The van der Waals surface area contributed by atoms with Crippen LogP contribution in [-0.2, 0) is 0 Å². The Morgan fingerprint density at radius 2 is 2.29 bits per heavy atom. The van der Waals surface area contributed by atoms with Crippen LogP contribution in [0, 0.1) is 0 Å². The summed E-state index contributed by atoms with van der Waals surface area (Å²) in [6.45, 7) is 0. The zero-order chi connectivity index (χ0) is 9.97. The molecule has 0 unspecified atom stereocenters. The largest absolute Gasteiger partial charge is 0.476 e. The molecule has 6 nitrogen and oxygen atoms in total. The molecule has 0 aliphatic carbocycles. The molecule has 2 rings (SSSR count). The lowest BCUT2D eigenvalue weighted by Gasteiger charge is -1.96. The highest BCUT2D eigenvalue weighted by atomic mass is 16.4. The molecule has 70 valence electrons. The van der Waals surface area contributed by atoms with E-state index >= 15 is 0 Å². The van der Waals surface area contributed by atoms with Crippen molar-refractivity contribution in [3.63, 3.8) is 0 Å². The van der Waals surface area contributed by atoms with E-state index in [1.165, 1.54) is 12.4 Å². The predicted octanol–water partition coefficient (Wildman–Crippen LogP) is 0.565. The van der Waals surface area contributed by atoms with Gasteiger partial charge in [0.25, 0.3) is 0 Å². The van der Waals surface area contributed by atoms with E-state index in [9.17, 15) is 4.79 Å². The molecular formula is C8H6N4O2. The number of aromatic nitrogens is 4. The first-order chi connectivity index (χ1) is 6.77. The number of carbonyl (C=O) groups is 1. The summed E-state index contributed by atoms with van der Waals surface area (Å²) in [6, 6.07) is 1.69. The average molecular weight is 190 g/mol. The van der Waals surface area contributed by atoms with E-state index in [0.29, 0.717) is 11.4 Å². The van der Waals surface area contributed by atoms with Gasteiger partial charge in [0.2, 0.25) is 0 Å². The normalized spacial score (nSPS) is 10.0. The van der Waals surface area contributed by atoms with Gasteiger partial charge in [-0.05, 0) is 6.07 Å². The van der Waals surface area contributed by atoms with Gasteiger partial charge in [0.1, 0.15) is 5.69 Å². The summed E-state index contributed by atoms with van der Waals surface area (Å²) in [5.41, 5.74) is 1.01. The number of aromatic amines is 1. The first-order valence-electron chi connectivity index (χ1n) is 3.82. The number of rotatable bonds is 2. The smallest absolute Gasteiger partial charge is 0.356 e. The Labute approximate surface area is 78.6 Å². The first kappa shape index (κ1) is 8.36.